The lowest BCUT2D eigenvalue weighted by Gasteiger charge is -2.12. The van der Waals surface area contributed by atoms with Crippen LogP contribution in [0.4, 0.5) is 0 Å². The van der Waals surface area contributed by atoms with Crippen LogP contribution in [0.2, 0.25) is 0 Å². The highest BCUT2D eigenvalue weighted by molar-refractivity contribution is 5.79. The molecular formula is C16H21NO. The van der Waals surface area contributed by atoms with Gasteiger partial charge in [0.05, 0.1) is 0 Å². The average molecular weight is 243 g/mol. The van der Waals surface area contributed by atoms with Crippen molar-refractivity contribution in [2.75, 3.05) is 6.54 Å². The van der Waals surface area contributed by atoms with Crippen LogP contribution < -0.4 is 5.32 Å². The smallest absolute Gasteiger partial charge is 0.223 e. The quantitative estimate of drug-likeness (QED) is 0.865. The van der Waals surface area contributed by atoms with Gasteiger partial charge in [0.25, 0.3) is 0 Å². The van der Waals surface area contributed by atoms with Crippen molar-refractivity contribution in [3.05, 3.63) is 35.4 Å². The second-order valence-electron chi connectivity index (χ2n) is 5.95. The molecule has 96 valence electrons. The van der Waals surface area contributed by atoms with Crippen LogP contribution in [-0.4, -0.2) is 12.5 Å². The monoisotopic (exact) mass is 243 g/mol. The Morgan fingerprint density at radius 3 is 2.78 bits per heavy atom. The van der Waals surface area contributed by atoms with E-state index in [0.29, 0.717) is 5.92 Å². The zero-order chi connectivity index (χ0) is 12.5. The van der Waals surface area contributed by atoms with Crippen molar-refractivity contribution in [3.63, 3.8) is 0 Å². The van der Waals surface area contributed by atoms with Gasteiger partial charge in [-0.2, -0.15) is 0 Å². The van der Waals surface area contributed by atoms with Crippen LogP contribution in [0, 0.1) is 24.7 Å². The van der Waals surface area contributed by atoms with Crippen molar-refractivity contribution in [1.82, 2.24) is 5.32 Å². The van der Waals surface area contributed by atoms with Crippen molar-refractivity contribution < 1.29 is 4.79 Å². The van der Waals surface area contributed by atoms with E-state index in [2.05, 4.69) is 36.5 Å². The minimum absolute atomic E-state index is 0.287. The standard InChI is InChI=1S/C16H21NO/c1-11-3-2-4-12(7-11)5-6-17-16(18)15-9-13-8-14(13)10-15/h2-4,7,13-15H,5-6,8-10H2,1H3,(H,17,18). The molecular weight excluding hydrogens is 222 g/mol. The fourth-order valence-electron chi connectivity index (χ4n) is 3.27. The molecule has 2 saturated carbocycles. The van der Waals surface area contributed by atoms with E-state index in [1.54, 1.807) is 0 Å². The van der Waals surface area contributed by atoms with Crippen molar-refractivity contribution in [1.29, 1.82) is 0 Å². The molecule has 2 nitrogen and oxygen atoms in total. The van der Waals surface area contributed by atoms with Gasteiger partial charge in [-0.05, 0) is 50.0 Å². The summed E-state index contributed by atoms with van der Waals surface area (Å²) in [6, 6.07) is 8.50. The fourth-order valence-corrected chi connectivity index (χ4v) is 3.27. The molecule has 0 aliphatic heterocycles. The third-order valence-corrected chi connectivity index (χ3v) is 4.41. The molecule has 0 aromatic heterocycles. The molecule has 0 saturated heterocycles. The molecule has 18 heavy (non-hydrogen) atoms. The van der Waals surface area contributed by atoms with E-state index in [1.165, 1.54) is 17.5 Å². The lowest BCUT2D eigenvalue weighted by Crippen LogP contribution is -2.31. The van der Waals surface area contributed by atoms with E-state index in [-0.39, 0.29) is 5.91 Å². The van der Waals surface area contributed by atoms with E-state index in [0.717, 1.165) is 37.6 Å². The van der Waals surface area contributed by atoms with Gasteiger partial charge < -0.3 is 5.32 Å². The molecule has 0 heterocycles. The lowest BCUT2D eigenvalue weighted by molar-refractivity contribution is -0.125. The van der Waals surface area contributed by atoms with Gasteiger partial charge in [-0.3, -0.25) is 4.79 Å². The molecule has 1 amide bonds. The molecule has 0 bridgehead atoms. The first-order valence-corrected chi connectivity index (χ1v) is 7.05. The van der Waals surface area contributed by atoms with Gasteiger partial charge in [0.1, 0.15) is 0 Å². The van der Waals surface area contributed by atoms with Crippen molar-refractivity contribution >= 4 is 5.91 Å². The molecule has 2 aliphatic carbocycles. The zero-order valence-electron chi connectivity index (χ0n) is 11.0. The van der Waals surface area contributed by atoms with E-state index >= 15 is 0 Å². The van der Waals surface area contributed by atoms with Gasteiger partial charge in [-0.15, -0.1) is 0 Å². The van der Waals surface area contributed by atoms with Crippen molar-refractivity contribution in [3.8, 4) is 0 Å². The second-order valence-corrected chi connectivity index (χ2v) is 5.95. The predicted molar refractivity (Wildman–Crippen MR) is 72.2 cm³/mol. The summed E-state index contributed by atoms with van der Waals surface area (Å²) < 4.78 is 0. The SMILES string of the molecule is Cc1cccc(CCNC(=O)C2CC3CC3C2)c1. The number of nitrogens with one attached hydrogen (secondary N) is 1. The summed E-state index contributed by atoms with van der Waals surface area (Å²) in [6.45, 7) is 2.88. The van der Waals surface area contributed by atoms with Crippen LogP contribution >= 0.6 is 0 Å². The number of carbonyl (C=O) groups is 1. The van der Waals surface area contributed by atoms with Crippen molar-refractivity contribution in [2.24, 2.45) is 17.8 Å². The zero-order valence-corrected chi connectivity index (χ0v) is 11.0. The summed E-state index contributed by atoms with van der Waals surface area (Å²) in [6.07, 6.45) is 4.60. The first-order valence-electron chi connectivity index (χ1n) is 7.05. The maximum atomic E-state index is 12.0. The normalized spacial score (nSPS) is 28.8. The van der Waals surface area contributed by atoms with Gasteiger partial charge in [0, 0.05) is 12.5 Å². The number of carbonyl (C=O) groups excluding carboxylic acids is 1. The molecule has 2 unspecified atom stereocenters. The summed E-state index contributed by atoms with van der Waals surface area (Å²) in [5.41, 5.74) is 2.60. The Morgan fingerprint density at radius 2 is 2.06 bits per heavy atom. The first-order chi connectivity index (χ1) is 8.72. The summed E-state index contributed by atoms with van der Waals surface area (Å²) in [7, 11) is 0. The summed E-state index contributed by atoms with van der Waals surface area (Å²) >= 11 is 0. The number of benzene rings is 1. The highest BCUT2D eigenvalue weighted by Gasteiger charge is 2.47. The second kappa shape index (κ2) is 4.75. The Balaban J connectivity index is 1.43. The predicted octanol–water partition coefficient (Wildman–Crippen LogP) is 2.70. The number of amides is 1. The molecule has 0 radical (unpaired) electrons. The van der Waals surface area contributed by atoms with Gasteiger partial charge in [0.15, 0.2) is 0 Å². The molecule has 2 aliphatic rings. The lowest BCUT2D eigenvalue weighted by atomic mass is 10.0. The first kappa shape index (κ1) is 11.8. The van der Waals surface area contributed by atoms with Crippen LogP contribution in [0.15, 0.2) is 24.3 Å². The van der Waals surface area contributed by atoms with Gasteiger partial charge in [0.2, 0.25) is 5.91 Å². The Labute approximate surface area is 109 Å². The average Bonchev–Trinajstić information content (AvgIpc) is 2.96. The number of hydrogen-bond acceptors (Lipinski definition) is 1. The highest BCUT2D eigenvalue weighted by atomic mass is 16.1. The Morgan fingerprint density at radius 1 is 1.28 bits per heavy atom. The number of fused-ring (bicyclic) bond motifs is 1. The molecule has 1 aromatic rings. The van der Waals surface area contributed by atoms with Gasteiger partial charge in [-0.25, -0.2) is 0 Å². The minimum atomic E-state index is 0.287. The summed E-state index contributed by atoms with van der Waals surface area (Å²) in [5.74, 6) is 2.37. The van der Waals surface area contributed by atoms with Crippen LogP contribution in [0.5, 0.6) is 0 Å². The summed E-state index contributed by atoms with van der Waals surface area (Å²) in [5, 5.41) is 3.09. The molecule has 2 atom stereocenters. The minimum Gasteiger partial charge on any atom is -0.356 e. The number of rotatable bonds is 4. The van der Waals surface area contributed by atoms with Crippen LogP contribution in [0.25, 0.3) is 0 Å². The van der Waals surface area contributed by atoms with Gasteiger partial charge in [-0.1, -0.05) is 29.8 Å². The number of hydrogen-bond donors (Lipinski definition) is 1. The van der Waals surface area contributed by atoms with Crippen LogP contribution in [-0.2, 0) is 11.2 Å². The Bertz CT molecular complexity index is 444. The maximum Gasteiger partial charge on any atom is 0.223 e. The van der Waals surface area contributed by atoms with Gasteiger partial charge >= 0.3 is 0 Å². The van der Waals surface area contributed by atoms with E-state index in [1.807, 2.05) is 0 Å². The van der Waals surface area contributed by atoms with Crippen LogP contribution in [0.1, 0.15) is 30.4 Å². The molecule has 2 heteroatoms. The van der Waals surface area contributed by atoms with Crippen molar-refractivity contribution in [2.45, 2.75) is 32.6 Å². The molecule has 0 spiro atoms. The van der Waals surface area contributed by atoms with E-state index < -0.39 is 0 Å². The molecule has 3 rings (SSSR count). The highest BCUT2D eigenvalue weighted by Crippen LogP contribution is 2.54. The van der Waals surface area contributed by atoms with E-state index in [4.69, 9.17) is 0 Å². The third kappa shape index (κ3) is 2.58. The molecule has 2 fully saturated rings. The van der Waals surface area contributed by atoms with Crippen LogP contribution in [0.3, 0.4) is 0 Å². The largest absolute Gasteiger partial charge is 0.356 e. The fraction of sp³-hybridized carbons (Fsp3) is 0.562. The maximum absolute atomic E-state index is 12.0. The third-order valence-electron chi connectivity index (χ3n) is 4.41. The molecule has 1 N–H and O–H groups in total. The topological polar surface area (TPSA) is 29.1 Å². The molecule has 1 aromatic carbocycles. The van der Waals surface area contributed by atoms with E-state index in [9.17, 15) is 4.79 Å². The Hall–Kier alpha value is -1.31. The number of aryl methyl sites for hydroxylation is 1. The Kier molecular flexibility index (Phi) is 3.11. The summed E-state index contributed by atoms with van der Waals surface area (Å²) in [4.78, 5) is 12.0.